The molecule has 0 aromatic heterocycles. The van der Waals surface area contributed by atoms with Crippen molar-refractivity contribution in [2.24, 2.45) is 0 Å². The molecule has 0 unspecified atom stereocenters. The number of rotatable bonds is 5. The minimum absolute atomic E-state index is 0.0799. The maximum Gasteiger partial charge on any atom is 0.261 e. The summed E-state index contributed by atoms with van der Waals surface area (Å²) in [5, 5.41) is 5.60. The van der Waals surface area contributed by atoms with Crippen molar-refractivity contribution in [1.29, 1.82) is 0 Å². The van der Waals surface area contributed by atoms with E-state index in [2.05, 4.69) is 15.4 Å². The molecule has 0 fully saturated rings. The molecule has 4 rings (SSSR count). The van der Waals surface area contributed by atoms with E-state index in [0.717, 1.165) is 0 Å². The molecule has 1 heterocycles. The van der Waals surface area contributed by atoms with E-state index in [9.17, 15) is 17.6 Å². The van der Waals surface area contributed by atoms with Crippen LogP contribution in [-0.2, 0) is 21.2 Å². The Balaban J connectivity index is 1.50. The van der Waals surface area contributed by atoms with Crippen LogP contribution in [0.2, 0.25) is 0 Å². The van der Waals surface area contributed by atoms with Crippen LogP contribution in [0, 0.1) is 5.82 Å². The summed E-state index contributed by atoms with van der Waals surface area (Å²) < 4.78 is 41.5. The maximum atomic E-state index is 13.7. The molecule has 0 aliphatic carbocycles. The summed E-state index contributed by atoms with van der Waals surface area (Å²) in [4.78, 5) is 11.5. The van der Waals surface area contributed by atoms with E-state index in [1.54, 1.807) is 48.5 Å². The lowest BCUT2D eigenvalue weighted by molar-refractivity contribution is -0.115. The molecule has 0 spiro atoms. The van der Waals surface area contributed by atoms with Crippen LogP contribution in [0.3, 0.4) is 0 Å². The Morgan fingerprint density at radius 1 is 0.929 bits per heavy atom. The third-order valence-electron chi connectivity index (χ3n) is 4.30. The number of benzene rings is 3. The Labute approximate surface area is 161 Å². The summed E-state index contributed by atoms with van der Waals surface area (Å²) in [5.74, 6) is -0.535. The van der Waals surface area contributed by atoms with Gasteiger partial charge in [0.1, 0.15) is 5.82 Å². The van der Waals surface area contributed by atoms with Crippen molar-refractivity contribution >= 4 is 38.7 Å². The molecule has 1 aliphatic rings. The monoisotopic (exact) mass is 397 g/mol. The van der Waals surface area contributed by atoms with Crippen LogP contribution in [0.25, 0.3) is 0 Å². The standard InChI is InChI=1S/C20H16FN3O3S/c21-17-3-1-2-4-19(17)22-14-5-7-15(8-6-14)24-28(26,27)16-9-10-18-13(11-16)12-20(25)23-18/h1-11,22,24H,12H2,(H,23,25). The molecule has 6 nitrogen and oxygen atoms in total. The highest BCUT2D eigenvalue weighted by Gasteiger charge is 2.21. The smallest absolute Gasteiger partial charge is 0.261 e. The van der Waals surface area contributed by atoms with Gasteiger partial charge in [-0.05, 0) is 60.2 Å². The van der Waals surface area contributed by atoms with Crippen LogP contribution >= 0.6 is 0 Å². The van der Waals surface area contributed by atoms with Gasteiger partial charge in [0.2, 0.25) is 5.91 Å². The fraction of sp³-hybridized carbons (Fsp3) is 0.0500. The SMILES string of the molecule is O=C1Cc2cc(S(=O)(=O)Nc3ccc(Nc4ccccc4F)cc3)ccc2N1. The summed E-state index contributed by atoms with van der Waals surface area (Å²) in [6.07, 6.45) is 0.162. The van der Waals surface area contributed by atoms with Gasteiger partial charge >= 0.3 is 0 Å². The highest BCUT2D eigenvalue weighted by Crippen LogP contribution is 2.27. The average Bonchev–Trinajstić information content (AvgIpc) is 3.04. The minimum atomic E-state index is -3.80. The zero-order valence-corrected chi connectivity index (χ0v) is 15.4. The zero-order valence-electron chi connectivity index (χ0n) is 14.6. The Morgan fingerprint density at radius 3 is 2.39 bits per heavy atom. The van der Waals surface area contributed by atoms with Gasteiger partial charge in [-0.2, -0.15) is 0 Å². The molecule has 0 radical (unpaired) electrons. The van der Waals surface area contributed by atoms with Crippen molar-refractivity contribution < 1.29 is 17.6 Å². The number of hydrogen-bond donors (Lipinski definition) is 3. The van der Waals surface area contributed by atoms with E-state index in [-0.39, 0.29) is 23.0 Å². The van der Waals surface area contributed by atoms with Gasteiger partial charge in [0.05, 0.1) is 17.0 Å². The summed E-state index contributed by atoms with van der Waals surface area (Å²) in [5.41, 5.74) is 2.60. The van der Waals surface area contributed by atoms with Gasteiger partial charge in [-0.1, -0.05) is 12.1 Å². The molecule has 0 atom stereocenters. The van der Waals surface area contributed by atoms with E-state index < -0.39 is 10.0 Å². The normalized spacial score (nSPS) is 13.0. The molecule has 0 bridgehead atoms. The Bertz CT molecular complexity index is 1160. The predicted octanol–water partition coefficient (Wildman–Crippen LogP) is 3.86. The van der Waals surface area contributed by atoms with Gasteiger partial charge in [-0.25, -0.2) is 12.8 Å². The van der Waals surface area contributed by atoms with E-state index in [4.69, 9.17) is 0 Å². The Kier molecular flexibility index (Phi) is 4.48. The summed E-state index contributed by atoms with van der Waals surface area (Å²) in [6.45, 7) is 0. The minimum Gasteiger partial charge on any atom is -0.353 e. The second-order valence-electron chi connectivity index (χ2n) is 6.33. The van der Waals surface area contributed by atoms with E-state index in [0.29, 0.717) is 28.3 Å². The molecule has 0 saturated heterocycles. The molecule has 8 heteroatoms. The quantitative estimate of drug-likeness (QED) is 0.610. The van der Waals surface area contributed by atoms with Crippen LogP contribution in [0.1, 0.15) is 5.56 Å². The number of carbonyl (C=O) groups excluding carboxylic acids is 1. The van der Waals surface area contributed by atoms with Crippen molar-refractivity contribution in [1.82, 2.24) is 0 Å². The van der Waals surface area contributed by atoms with Gasteiger partial charge < -0.3 is 10.6 Å². The van der Waals surface area contributed by atoms with Crippen LogP contribution in [-0.4, -0.2) is 14.3 Å². The number of carbonyl (C=O) groups is 1. The molecule has 3 aromatic carbocycles. The lowest BCUT2D eigenvalue weighted by atomic mass is 10.2. The van der Waals surface area contributed by atoms with Crippen LogP contribution in [0.4, 0.5) is 27.1 Å². The number of nitrogens with one attached hydrogen (secondary N) is 3. The Hall–Kier alpha value is -3.39. The topological polar surface area (TPSA) is 87.3 Å². The second-order valence-corrected chi connectivity index (χ2v) is 8.01. The lowest BCUT2D eigenvalue weighted by Crippen LogP contribution is -2.13. The van der Waals surface area contributed by atoms with Gasteiger partial charge in [0.15, 0.2) is 0 Å². The first-order valence-corrected chi connectivity index (χ1v) is 9.96. The van der Waals surface area contributed by atoms with Crippen molar-refractivity contribution in [3.63, 3.8) is 0 Å². The van der Waals surface area contributed by atoms with E-state index in [1.165, 1.54) is 18.2 Å². The van der Waals surface area contributed by atoms with Crippen molar-refractivity contribution in [2.75, 3.05) is 15.4 Å². The lowest BCUT2D eigenvalue weighted by Gasteiger charge is -2.11. The van der Waals surface area contributed by atoms with Crippen LogP contribution in [0.5, 0.6) is 0 Å². The third kappa shape index (κ3) is 3.67. The molecule has 3 N–H and O–H groups in total. The molecular formula is C20H16FN3O3S. The third-order valence-corrected chi connectivity index (χ3v) is 5.68. The van der Waals surface area contributed by atoms with Gasteiger partial charge in [0.25, 0.3) is 10.0 Å². The number of amides is 1. The van der Waals surface area contributed by atoms with Crippen molar-refractivity contribution in [3.05, 3.63) is 78.1 Å². The predicted molar refractivity (Wildman–Crippen MR) is 106 cm³/mol. The van der Waals surface area contributed by atoms with E-state index >= 15 is 0 Å². The van der Waals surface area contributed by atoms with Crippen LogP contribution in [0.15, 0.2) is 71.6 Å². The number of fused-ring (bicyclic) bond motifs is 1. The number of para-hydroxylation sites is 1. The Morgan fingerprint density at radius 2 is 1.64 bits per heavy atom. The molecule has 142 valence electrons. The number of sulfonamides is 1. The molecule has 3 aromatic rings. The maximum absolute atomic E-state index is 13.7. The number of anilines is 4. The summed E-state index contributed by atoms with van der Waals surface area (Å²) in [6, 6.07) is 17.3. The highest BCUT2D eigenvalue weighted by molar-refractivity contribution is 7.92. The molecule has 1 aliphatic heterocycles. The fourth-order valence-corrected chi connectivity index (χ4v) is 4.04. The average molecular weight is 397 g/mol. The first kappa shape index (κ1) is 18.0. The van der Waals surface area contributed by atoms with Gasteiger partial charge in [0, 0.05) is 17.1 Å². The van der Waals surface area contributed by atoms with Crippen molar-refractivity contribution in [3.8, 4) is 0 Å². The number of halogens is 1. The second kappa shape index (κ2) is 6.97. The van der Waals surface area contributed by atoms with E-state index in [1.807, 2.05) is 0 Å². The molecule has 28 heavy (non-hydrogen) atoms. The summed E-state index contributed by atoms with van der Waals surface area (Å²) in [7, 11) is -3.80. The summed E-state index contributed by atoms with van der Waals surface area (Å²) >= 11 is 0. The highest BCUT2D eigenvalue weighted by atomic mass is 32.2. The molecule has 1 amide bonds. The fourth-order valence-electron chi connectivity index (χ4n) is 2.93. The van der Waals surface area contributed by atoms with Crippen LogP contribution < -0.4 is 15.4 Å². The first-order chi connectivity index (χ1) is 13.4. The number of hydrogen-bond acceptors (Lipinski definition) is 4. The van der Waals surface area contributed by atoms with Crippen molar-refractivity contribution in [2.45, 2.75) is 11.3 Å². The van der Waals surface area contributed by atoms with Gasteiger partial charge in [-0.15, -0.1) is 0 Å². The molecular weight excluding hydrogens is 381 g/mol. The zero-order chi connectivity index (χ0) is 19.7. The first-order valence-electron chi connectivity index (χ1n) is 8.48. The van der Waals surface area contributed by atoms with Gasteiger partial charge in [-0.3, -0.25) is 9.52 Å². The molecule has 0 saturated carbocycles. The largest absolute Gasteiger partial charge is 0.353 e.